The summed E-state index contributed by atoms with van der Waals surface area (Å²) in [6, 6.07) is 0. The molecule has 0 aliphatic rings. The van der Waals surface area contributed by atoms with Gasteiger partial charge in [-0.25, -0.2) is 0 Å². The Morgan fingerprint density at radius 3 is 0.923 bits per heavy atom. The van der Waals surface area contributed by atoms with Crippen LogP contribution in [0.3, 0.4) is 0 Å². The molecule has 4 N–H and O–H groups in total. The minimum atomic E-state index is -1.75. The number of hydrogen-bond acceptors (Lipinski definition) is 8. The summed E-state index contributed by atoms with van der Waals surface area (Å²) in [6.07, 6.45) is 0. The van der Waals surface area contributed by atoms with Crippen molar-refractivity contribution in [2.24, 2.45) is 11.5 Å². The van der Waals surface area contributed by atoms with E-state index in [9.17, 15) is 0 Å². The van der Waals surface area contributed by atoms with Crippen LogP contribution < -0.4 is 11.5 Å². The minimum absolute atomic E-state index is 0. The maximum atomic E-state index is 8.25. The Bertz CT molecular complexity index is 99.2. The molecular weight excluding hydrogens is 240 g/mol. The first-order chi connectivity index (χ1) is 5.38. The minimum Gasteiger partial charge on any atom is -0.356 e. The van der Waals surface area contributed by atoms with E-state index in [1.165, 1.54) is 0 Å². The molecule has 0 aliphatic heterocycles. The van der Waals surface area contributed by atoms with E-state index in [2.05, 4.69) is 0 Å². The average Bonchev–Trinajstić information content (AvgIpc) is 1.85. The van der Waals surface area contributed by atoms with Crippen molar-refractivity contribution in [1.82, 2.24) is 0 Å². The molecule has 0 saturated carbocycles. The van der Waals surface area contributed by atoms with Gasteiger partial charge >= 0.3 is 17.1 Å². The second-order valence-corrected chi connectivity index (χ2v) is 1.02. The molecule has 0 aromatic carbocycles. The van der Waals surface area contributed by atoms with Gasteiger partial charge < -0.3 is 42.1 Å². The van der Waals surface area contributed by atoms with E-state index in [-0.39, 0.29) is 17.1 Å². The molecule has 0 heterocycles. The van der Waals surface area contributed by atoms with E-state index < -0.39 is 10.2 Å². The van der Waals surface area contributed by atoms with Gasteiger partial charge in [-0.05, 0) is 0 Å². The zero-order valence-electron chi connectivity index (χ0n) is 6.21. The molecule has 10 nitrogen and oxygen atoms in total. The summed E-state index contributed by atoms with van der Waals surface area (Å²) in [5.41, 5.74) is 9.81. The van der Waals surface area contributed by atoms with Gasteiger partial charge in [0.25, 0.3) is 0 Å². The Labute approximate surface area is 83.2 Å². The summed E-state index contributed by atoms with van der Waals surface area (Å²) in [4.78, 5) is 16.5. The SMILES string of the molecule is NCCN.O=[N+]([O-])[O-].O=[N+]([O-])[O-].[Cu+2]. The van der Waals surface area contributed by atoms with E-state index in [1.807, 2.05) is 0 Å². The third kappa shape index (κ3) is 32900. The van der Waals surface area contributed by atoms with Crippen molar-refractivity contribution >= 4 is 0 Å². The molecule has 0 rings (SSSR count). The van der Waals surface area contributed by atoms with Crippen LogP contribution in [-0.4, -0.2) is 23.3 Å². The zero-order chi connectivity index (χ0) is 10.6. The van der Waals surface area contributed by atoms with Crippen molar-refractivity contribution in [3.8, 4) is 0 Å². The normalized spacial score (nSPS) is 6.00. The molecule has 0 bridgehead atoms. The fourth-order valence-corrected chi connectivity index (χ4v) is 0. The third-order valence-corrected chi connectivity index (χ3v) is 0.167. The Kier molecular flexibility index (Phi) is 39.1. The molecular formula is C2H8CuN4O6. The molecule has 0 spiro atoms. The predicted molar refractivity (Wildman–Crippen MR) is 38.8 cm³/mol. The topological polar surface area (TPSA) is 184 Å². The van der Waals surface area contributed by atoms with Crippen LogP contribution in [0, 0.1) is 30.6 Å². The van der Waals surface area contributed by atoms with Crippen LogP contribution in [0.25, 0.3) is 0 Å². The van der Waals surface area contributed by atoms with Crippen molar-refractivity contribution in [3.05, 3.63) is 30.6 Å². The summed E-state index contributed by atoms with van der Waals surface area (Å²) in [5.74, 6) is 0. The first-order valence-corrected chi connectivity index (χ1v) is 2.41. The molecule has 0 unspecified atom stereocenters. The standard InChI is InChI=1S/C2H8N2.Cu.2NO3/c3-1-2-4;;2*2-1(3)4/h1-4H2;;;/q;+2;2*-1. The van der Waals surface area contributed by atoms with Gasteiger partial charge in [0.2, 0.25) is 0 Å². The average molecular weight is 248 g/mol. The summed E-state index contributed by atoms with van der Waals surface area (Å²) >= 11 is 0. The largest absolute Gasteiger partial charge is 2.00 e. The van der Waals surface area contributed by atoms with Crippen LogP contribution in [0.1, 0.15) is 0 Å². The maximum absolute atomic E-state index is 8.25. The van der Waals surface area contributed by atoms with Crippen molar-refractivity contribution in [1.29, 1.82) is 0 Å². The second-order valence-electron chi connectivity index (χ2n) is 1.02. The van der Waals surface area contributed by atoms with Gasteiger partial charge in [-0.3, -0.25) is 0 Å². The predicted octanol–water partition coefficient (Wildman–Crippen LogP) is -1.58. The Morgan fingerprint density at radius 1 is 0.846 bits per heavy atom. The molecule has 83 valence electrons. The van der Waals surface area contributed by atoms with Gasteiger partial charge in [0.1, 0.15) is 0 Å². The van der Waals surface area contributed by atoms with Crippen molar-refractivity contribution in [2.75, 3.05) is 13.1 Å². The summed E-state index contributed by atoms with van der Waals surface area (Å²) in [6.45, 7) is 1.19. The van der Waals surface area contributed by atoms with Gasteiger partial charge in [0.05, 0.1) is 10.2 Å². The summed E-state index contributed by atoms with van der Waals surface area (Å²) in [7, 11) is 0. The number of hydrogen-bond donors (Lipinski definition) is 2. The van der Waals surface area contributed by atoms with Gasteiger partial charge in [-0.2, -0.15) is 0 Å². The maximum Gasteiger partial charge on any atom is 2.00 e. The second kappa shape index (κ2) is 22.4. The molecule has 11 heteroatoms. The van der Waals surface area contributed by atoms with Crippen LogP contribution in [0.15, 0.2) is 0 Å². The molecule has 0 fully saturated rings. The van der Waals surface area contributed by atoms with E-state index in [4.69, 9.17) is 42.1 Å². The first kappa shape index (κ1) is 22.6. The molecule has 1 radical (unpaired) electrons. The summed E-state index contributed by atoms with van der Waals surface area (Å²) < 4.78 is 0. The van der Waals surface area contributed by atoms with Gasteiger partial charge in [0, 0.05) is 13.1 Å². The van der Waals surface area contributed by atoms with Crippen LogP contribution >= 0.6 is 0 Å². The van der Waals surface area contributed by atoms with Gasteiger partial charge in [-0.1, -0.05) is 0 Å². The van der Waals surface area contributed by atoms with E-state index in [0.717, 1.165) is 0 Å². The van der Waals surface area contributed by atoms with E-state index in [1.54, 1.807) is 0 Å². The molecule has 0 aromatic rings. The molecule has 0 atom stereocenters. The van der Waals surface area contributed by atoms with Gasteiger partial charge in [-0.15, -0.1) is 0 Å². The monoisotopic (exact) mass is 247 g/mol. The first-order valence-electron chi connectivity index (χ1n) is 2.41. The number of nitrogens with two attached hydrogens (primary N) is 2. The fraction of sp³-hybridized carbons (Fsp3) is 1.00. The zero-order valence-corrected chi connectivity index (χ0v) is 7.16. The van der Waals surface area contributed by atoms with Crippen LogP contribution in [0.2, 0.25) is 0 Å². The Morgan fingerprint density at radius 2 is 0.923 bits per heavy atom. The van der Waals surface area contributed by atoms with Gasteiger partial charge in [0.15, 0.2) is 0 Å². The molecule has 0 amide bonds. The van der Waals surface area contributed by atoms with Crippen molar-refractivity contribution in [3.63, 3.8) is 0 Å². The van der Waals surface area contributed by atoms with Crippen molar-refractivity contribution in [2.45, 2.75) is 0 Å². The van der Waals surface area contributed by atoms with Crippen LogP contribution in [0.5, 0.6) is 0 Å². The fourth-order valence-electron chi connectivity index (χ4n) is 0. The smallest absolute Gasteiger partial charge is 0.356 e. The molecule has 13 heavy (non-hydrogen) atoms. The number of nitrogens with zero attached hydrogens (tertiary/aromatic N) is 2. The van der Waals surface area contributed by atoms with Crippen molar-refractivity contribution < 1.29 is 27.2 Å². The number of rotatable bonds is 1. The molecule has 0 aromatic heterocycles. The Hall–Kier alpha value is -1.16. The van der Waals surface area contributed by atoms with E-state index in [0.29, 0.717) is 13.1 Å². The summed E-state index contributed by atoms with van der Waals surface area (Å²) in [5, 5.41) is 29.5. The molecule has 0 saturated heterocycles. The quantitative estimate of drug-likeness (QED) is 0.316. The molecule has 0 aliphatic carbocycles. The van der Waals surface area contributed by atoms with E-state index >= 15 is 0 Å². The van der Waals surface area contributed by atoms with Crippen LogP contribution in [-0.2, 0) is 17.1 Å². The Balaban J connectivity index is -0.0000000450. The van der Waals surface area contributed by atoms with Crippen LogP contribution in [0.4, 0.5) is 0 Å². The third-order valence-electron chi connectivity index (χ3n) is 0.167.